The number of methoxy groups -OCH3 is 1. The highest BCUT2D eigenvalue weighted by molar-refractivity contribution is 7.23. The van der Waals surface area contributed by atoms with Crippen molar-refractivity contribution in [2.24, 2.45) is 0 Å². The molecule has 7 nitrogen and oxygen atoms in total. The monoisotopic (exact) mass is 369 g/mol. The third-order valence-electron chi connectivity index (χ3n) is 3.69. The summed E-state index contributed by atoms with van der Waals surface area (Å²) in [4.78, 5) is 22.1. The molecule has 0 fully saturated rings. The van der Waals surface area contributed by atoms with Gasteiger partial charge in [0.05, 0.1) is 19.2 Å². The van der Waals surface area contributed by atoms with Crippen LogP contribution in [0.25, 0.3) is 32.8 Å². The summed E-state index contributed by atoms with van der Waals surface area (Å²) in [6, 6.07) is 7.37. The molecule has 132 valence electrons. The number of ether oxygens (including phenoxy) is 2. The molecule has 4 heterocycles. The summed E-state index contributed by atoms with van der Waals surface area (Å²) in [6.07, 6.45) is 4.82. The van der Waals surface area contributed by atoms with Crippen molar-refractivity contribution in [1.29, 1.82) is 0 Å². The predicted molar refractivity (Wildman–Crippen MR) is 98.3 cm³/mol. The van der Waals surface area contributed by atoms with Crippen molar-refractivity contribution in [2.75, 3.05) is 13.7 Å². The van der Waals surface area contributed by atoms with Crippen molar-refractivity contribution in [3.05, 3.63) is 42.3 Å². The van der Waals surface area contributed by atoms with Crippen molar-refractivity contribution in [3.63, 3.8) is 0 Å². The van der Waals surface area contributed by atoms with Crippen LogP contribution in [0, 0.1) is 0 Å². The number of thiazole rings is 1. The number of nitrogens with zero attached hydrogens (tertiary/aromatic N) is 3. The van der Waals surface area contributed by atoms with Gasteiger partial charge in [-0.2, -0.15) is 0 Å². The molecule has 0 saturated heterocycles. The number of pyridine rings is 1. The molecule has 8 heteroatoms. The van der Waals surface area contributed by atoms with Gasteiger partial charge in [-0.05, 0) is 31.2 Å². The van der Waals surface area contributed by atoms with Crippen LogP contribution in [0.4, 0.5) is 0 Å². The van der Waals surface area contributed by atoms with E-state index < -0.39 is 5.97 Å². The lowest BCUT2D eigenvalue weighted by Crippen LogP contribution is -1.98. The van der Waals surface area contributed by atoms with Crippen molar-refractivity contribution in [2.45, 2.75) is 6.92 Å². The molecule has 0 amide bonds. The minimum Gasteiger partial charge on any atom is -0.481 e. The molecule has 4 aromatic rings. The summed E-state index contributed by atoms with van der Waals surface area (Å²) in [5, 5.41) is 0. The molecule has 0 aromatic carbocycles. The Kier molecular flexibility index (Phi) is 4.18. The SMILES string of the molecule is CCOC(=O)C=Cc1ccc(-c2cn3c(n2)sc2nc(OC)ccc23)o1. The van der Waals surface area contributed by atoms with Crippen LogP contribution in [0.1, 0.15) is 12.7 Å². The summed E-state index contributed by atoms with van der Waals surface area (Å²) < 4.78 is 17.7. The number of imidazole rings is 1. The first-order valence-corrected chi connectivity index (χ1v) is 8.77. The van der Waals surface area contributed by atoms with E-state index in [9.17, 15) is 4.79 Å². The van der Waals surface area contributed by atoms with E-state index in [4.69, 9.17) is 13.9 Å². The van der Waals surface area contributed by atoms with E-state index in [2.05, 4.69) is 9.97 Å². The molecule has 0 bridgehead atoms. The smallest absolute Gasteiger partial charge is 0.330 e. The zero-order chi connectivity index (χ0) is 18.1. The van der Waals surface area contributed by atoms with Crippen LogP contribution >= 0.6 is 11.3 Å². The van der Waals surface area contributed by atoms with Crippen LogP contribution in [0.5, 0.6) is 5.88 Å². The minimum atomic E-state index is -0.401. The molecular weight excluding hydrogens is 354 g/mol. The Labute approximate surface area is 152 Å². The molecule has 0 aliphatic carbocycles. The quantitative estimate of drug-likeness (QED) is 0.393. The first-order valence-electron chi connectivity index (χ1n) is 7.95. The molecule has 0 N–H and O–H groups in total. The Balaban J connectivity index is 1.64. The number of carbonyl (C=O) groups is 1. The van der Waals surface area contributed by atoms with Gasteiger partial charge in [-0.25, -0.2) is 14.8 Å². The van der Waals surface area contributed by atoms with Crippen molar-refractivity contribution < 1.29 is 18.7 Å². The predicted octanol–water partition coefficient (Wildman–Crippen LogP) is 3.79. The molecule has 0 aliphatic rings. The van der Waals surface area contributed by atoms with Gasteiger partial charge >= 0.3 is 5.97 Å². The number of rotatable bonds is 5. The number of esters is 1. The van der Waals surface area contributed by atoms with Crippen LogP contribution in [-0.4, -0.2) is 34.1 Å². The third-order valence-corrected chi connectivity index (χ3v) is 4.66. The number of hydrogen-bond donors (Lipinski definition) is 0. The fourth-order valence-electron chi connectivity index (χ4n) is 2.52. The standard InChI is InChI=1S/C18H15N3O4S/c1-3-24-16(22)9-5-11-4-7-14(25-11)12-10-21-13-6-8-15(23-2)20-17(13)26-18(21)19-12/h4-10H,3H2,1-2H3. The number of carbonyl (C=O) groups excluding carboxylic acids is 1. The molecule has 0 atom stereocenters. The maximum atomic E-state index is 11.4. The van der Waals surface area contributed by atoms with Gasteiger partial charge in [0, 0.05) is 18.3 Å². The van der Waals surface area contributed by atoms with E-state index in [0.29, 0.717) is 29.7 Å². The van der Waals surface area contributed by atoms with E-state index >= 15 is 0 Å². The van der Waals surface area contributed by atoms with E-state index in [1.807, 2.05) is 28.8 Å². The Hall–Kier alpha value is -3.13. The molecule has 0 radical (unpaired) electrons. The van der Waals surface area contributed by atoms with Gasteiger partial charge < -0.3 is 13.9 Å². The van der Waals surface area contributed by atoms with E-state index in [0.717, 1.165) is 15.3 Å². The highest BCUT2D eigenvalue weighted by Crippen LogP contribution is 2.30. The van der Waals surface area contributed by atoms with Gasteiger partial charge in [0.2, 0.25) is 5.88 Å². The molecule has 0 unspecified atom stereocenters. The zero-order valence-corrected chi connectivity index (χ0v) is 14.9. The number of furan rings is 1. The summed E-state index contributed by atoms with van der Waals surface area (Å²) in [7, 11) is 1.59. The van der Waals surface area contributed by atoms with Crippen molar-refractivity contribution in [1.82, 2.24) is 14.4 Å². The lowest BCUT2D eigenvalue weighted by atomic mass is 10.3. The number of hydrogen-bond acceptors (Lipinski definition) is 7. The highest BCUT2D eigenvalue weighted by Gasteiger charge is 2.14. The van der Waals surface area contributed by atoms with Crippen LogP contribution < -0.4 is 4.74 Å². The maximum Gasteiger partial charge on any atom is 0.330 e. The van der Waals surface area contributed by atoms with E-state index in [1.165, 1.54) is 17.4 Å². The van der Waals surface area contributed by atoms with Crippen molar-refractivity contribution in [3.8, 4) is 17.3 Å². The third kappa shape index (κ3) is 2.95. The molecule has 0 saturated carbocycles. The maximum absolute atomic E-state index is 11.4. The summed E-state index contributed by atoms with van der Waals surface area (Å²) in [6.45, 7) is 2.10. The minimum absolute atomic E-state index is 0.340. The second kappa shape index (κ2) is 6.64. The number of aromatic nitrogens is 3. The summed E-state index contributed by atoms with van der Waals surface area (Å²) in [5.74, 6) is 1.35. The molecule has 0 aliphatic heterocycles. The highest BCUT2D eigenvalue weighted by atomic mass is 32.1. The fourth-order valence-corrected chi connectivity index (χ4v) is 3.49. The largest absolute Gasteiger partial charge is 0.481 e. The average Bonchev–Trinajstić information content (AvgIpc) is 3.33. The van der Waals surface area contributed by atoms with Gasteiger partial charge in [0.15, 0.2) is 10.7 Å². The topological polar surface area (TPSA) is 78.9 Å². The van der Waals surface area contributed by atoms with E-state index in [1.54, 1.807) is 26.2 Å². The van der Waals surface area contributed by atoms with E-state index in [-0.39, 0.29) is 0 Å². The summed E-state index contributed by atoms with van der Waals surface area (Å²) >= 11 is 1.48. The van der Waals surface area contributed by atoms with Gasteiger partial charge in [-0.15, -0.1) is 0 Å². The zero-order valence-electron chi connectivity index (χ0n) is 14.1. The van der Waals surface area contributed by atoms with Crippen LogP contribution in [0.15, 0.2) is 41.0 Å². The van der Waals surface area contributed by atoms with Crippen LogP contribution in [0.3, 0.4) is 0 Å². The summed E-state index contributed by atoms with van der Waals surface area (Å²) in [5.41, 5.74) is 1.67. The lowest BCUT2D eigenvalue weighted by molar-refractivity contribution is -0.137. The van der Waals surface area contributed by atoms with Crippen LogP contribution in [-0.2, 0) is 9.53 Å². The van der Waals surface area contributed by atoms with Crippen molar-refractivity contribution >= 4 is 38.7 Å². The van der Waals surface area contributed by atoms with Gasteiger partial charge in [-0.3, -0.25) is 4.40 Å². The molecular formula is C18H15N3O4S. The molecule has 4 rings (SSSR count). The number of fused-ring (bicyclic) bond motifs is 3. The first-order chi connectivity index (χ1) is 12.7. The molecule has 26 heavy (non-hydrogen) atoms. The van der Waals surface area contributed by atoms with Crippen LogP contribution in [0.2, 0.25) is 0 Å². The Morgan fingerprint density at radius 3 is 3.00 bits per heavy atom. The average molecular weight is 369 g/mol. The molecule has 4 aromatic heterocycles. The molecule has 0 spiro atoms. The Morgan fingerprint density at radius 1 is 1.31 bits per heavy atom. The fraction of sp³-hybridized carbons (Fsp3) is 0.167. The lowest BCUT2D eigenvalue weighted by Gasteiger charge is -1.96. The van der Waals surface area contributed by atoms with Gasteiger partial charge in [-0.1, -0.05) is 11.3 Å². The van der Waals surface area contributed by atoms with Gasteiger partial charge in [0.25, 0.3) is 0 Å². The van der Waals surface area contributed by atoms with Gasteiger partial charge in [0.1, 0.15) is 16.3 Å². The second-order valence-corrected chi connectivity index (χ2v) is 6.30. The first kappa shape index (κ1) is 16.3. The second-order valence-electron chi connectivity index (χ2n) is 5.35. The Bertz CT molecular complexity index is 1120. The normalized spacial score (nSPS) is 11.6. The Morgan fingerprint density at radius 2 is 2.19 bits per heavy atom.